The van der Waals surface area contributed by atoms with Crippen molar-refractivity contribution >= 4 is 17.7 Å². The van der Waals surface area contributed by atoms with Gasteiger partial charge in [-0.1, -0.05) is 36.4 Å². The molecule has 23 heavy (non-hydrogen) atoms. The van der Waals surface area contributed by atoms with Crippen LogP contribution in [0.3, 0.4) is 0 Å². The average molecular weight is 329 g/mol. The molecule has 2 aromatic rings. The highest BCUT2D eigenvalue weighted by atomic mass is 32.2. The van der Waals surface area contributed by atoms with Crippen LogP contribution in [0.4, 0.5) is 0 Å². The fourth-order valence-electron chi connectivity index (χ4n) is 2.25. The summed E-state index contributed by atoms with van der Waals surface area (Å²) in [6, 6.07) is 15.9. The van der Waals surface area contributed by atoms with E-state index in [1.54, 1.807) is 11.8 Å². The minimum absolute atomic E-state index is 0.0450. The first kappa shape index (κ1) is 15.7. The van der Waals surface area contributed by atoms with E-state index < -0.39 is 0 Å². The molecule has 1 unspecified atom stereocenters. The largest absolute Gasteiger partial charge is 0.454 e. The summed E-state index contributed by atoms with van der Waals surface area (Å²) in [7, 11) is 0. The van der Waals surface area contributed by atoms with Crippen molar-refractivity contribution in [2.45, 2.75) is 24.5 Å². The van der Waals surface area contributed by atoms with Crippen molar-refractivity contribution in [1.82, 2.24) is 5.32 Å². The van der Waals surface area contributed by atoms with Crippen LogP contribution in [-0.2, 0) is 17.1 Å². The maximum Gasteiger partial charge on any atom is 0.233 e. The first-order chi connectivity index (χ1) is 11.2. The summed E-state index contributed by atoms with van der Waals surface area (Å²) in [5.41, 5.74) is 2.23. The lowest BCUT2D eigenvalue weighted by Crippen LogP contribution is -2.30. The number of benzene rings is 2. The number of rotatable bonds is 6. The Morgan fingerprint density at radius 3 is 2.74 bits per heavy atom. The Morgan fingerprint density at radius 1 is 1.13 bits per heavy atom. The summed E-state index contributed by atoms with van der Waals surface area (Å²) in [6.07, 6.45) is 0. The van der Waals surface area contributed by atoms with Crippen molar-refractivity contribution < 1.29 is 14.3 Å². The van der Waals surface area contributed by atoms with Gasteiger partial charge in [0.05, 0.1) is 5.25 Å². The van der Waals surface area contributed by atoms with Crippen molar-refractivity contribution in [1.29, 1.82) is 0 Å². The predicted octanol–water partition coefficient (Wildman–Crippen LogP) is 3.35. The maximum atomic E-state index is 12.2. The number of fused-ring (bicyclic) bond motifs is 1. The molecular formula is C18H19NO3S. The molecule has 0 saturated heterocycles. The third-order valence-corrected chi connectivity index (χ3v) is 4.83. The van der Waals surface area contributed by atoms with Gasteiger partial charge in [-0.15, -0.1) is 11.8 Å². The normalized spacial score (nSPS) is 13.6. The summed E-state index contributed by atoms with van der Waals surface area (Å²) < 4.78 is 10.6. The predicted molar refractivity (Wildman–Crippen MR) is 91.6 cm³/mol. The minimum atomic E-state index is -0.0933. The molecule has 4 nitrogen and oxygen atoms in total. The molecule has 120 valence electrons. The van der Waals surface area contributed by atoms with E-state index in [4.69, 9.17) is 9.47 Å². The summed E-state index contributed by atoms with van der Waals surface area (Å²) in [5, 5.41) is 2.88. The van der Waals surface area contributed by atoms with Crippen LogP contribution >= 0.6 is 11.8 Å². The van der Waals surface area contributed by atoms with E-state index in [1.165, 1.54) is 5.56 Å². The number of hydrogen-bond donors (Lipinski definition) is 1. The zero-order valence-corrected chi connectivity index (χ0v) is 13.8. The Labute approximate surface area is 140 Å². The molecule has 3 rings (SSSR count). The van der Waals surface area contributed by atoms with Gasteiger partial charge in [-0.25, -0.2) is 0 Å². The van der Waals surface area contributed by atoms with E-state index in [0.717, 1.165) is 22.8 Å². The molecular weight excluding hydrogens is 310 g/mol. The Kier molecular flexibility index (Phi) is 5.08. The van der Waals surface area contributed by atoms with Crippen LogP contribution in [0.15, 0.2) is 48.5 Å². The fraction of sp³-hybridized carbons (Fsp3) is 0.278. The monoisotopic (exact) mass is 329 g/mol. The lowest BCUT2D eigenvalue weighted by molar-refractivity contribution is -0.120. The standard InChI is InChI=1S/C18H19NO3S/c1-13(23-11-14-5-3-2-4-6-14)18(20)19-10-15-7-8-16-17(9-15)22-12-21-16/h2-9,13H,10-12H2,1H3,(H,19,20). The second kappa shape index (κ2) is 7.42. The molecule has 0 aliphatic carbocycles. The first-order valence-corrected chi connectivity index (χ1v) is 8.59. The van der Waals surface area contributed by atoms with Crippen LogP contribution < -0.4 is 14.8 Å². The summed E-state index contributed by atoms with van der Waals surface area (Å²) >= 11 is 1.64. The zero-order valence-electron chi connectivity index (χ0n) is 13.0. The Bertz CT molecular complexity index is 675. The van der Waals surface area contributed by atoms with Crippen molar-refractivity contribution in [3.05, 3.63) is 59.7 Å². The smallest absolute Gasteiger partial charge is 0.233 e. The Hall–Kier alpha value is -2.14. The van der Waals surface area contributed by atoms with Gasteiger partial charge in [0, 0.05) is 12.3 Å². The molecule has 5 heteroatoms. The van der Waals surface area contributed by atoms with Crippen molar-refractivity contribution in [2.24, 2.45) is 0 Å². The minimum Gasteiger partial charge on any atom is -0.454 e. The molecule has 1 heterocycles. The molecule has 0 aromatic heterocycles. The van der Waals surface area contributed by atoms with E-state index in [-0.39, 0.29) is 18.0 Å². The van der Waals surface area contributed by atoms with Crippen molar-refractivity contribution in [3.63, 3.8) is 0 Å². The highest BCUT2D eigenvalue weighted by Crippen LogP contribution is 2.32. The molecule has 0 saturated carbocycles. The number of carbonyl (C=O) groups excluding carboxylic acids is 1. The van der Waals surface area contributed by atoms with E-state index >= 15 is 0 Å². The van der Waals surface area contributed by atoms with Gasteiger partial charge in [-0.2, -0.15) is 0 Å². The molecule has 0 fully saturated rings. The highest BCUT2D eigenvalue weighted by Gasteiger charge is 2.15. The molecule has 2 aromatic carbocycles. The van der Waals surface area contributed by atoms with Gasteiger partial charge in [0.15, 0.2) is 11.5 Å². The molecule has 0 radical (unpaired) electrons. The zero-order chi connectivity index (χ0) is 16.1. The topological polar surface area (TPSA) is 47.6 Å². The molecule has 1 atom stereocenters. The van der Waals surface area contributed by atoms with Crippen LogP contribution in [0.25, 0.3) is 0 Å². The molecule has 1 aliphatic heterocycles. The summed E-state index contributed by atoms with van der Waals surface area (Å²) in [6.45, 7) is 2.69. The molecule has 1 amide bonds. The van der Waals surface area contributed by atoms with Crippen molar-refractivity contribution in [2.75, 3.05) is 6.79 Å². The third kappa shape index (κ3) is 4.20. The lowest BCUT2D eigenvalue weighted by Gasteiger charge is -2.12. The van der Waals surface area contributed by atoms with Crippen LogP contribution in [0, 0.1) is 0 Å². The van der Waals surface area contributed by atoms with Gasteiger partial charge >= 0.3 is 0 Å². The van der Waals surface area contributed by atoms with Gasteiger partial charge < -0.3 is 14.8 Å². The molecule has 1 aliphatic rings. The number of ether oxygens (including phenoxy) is 2. The Balaban J connectivity index is 1.47. The van der Waals surface area contributed by atoms with Gasteiger partial charge in [0.2, 0.25) is 12.7 Å². The van der Waals surface area contributed by atoms with Crippen molar-refractivity contribution in [3.8, 4) is 11.5 Å². The number of carbonyl (C=O) groups is 1. The average Bonchev–Trinajstić information content (AvgIpc) is 3.06. The first-order valence-electron chi connectivity index (χ1n) is 7.54. The maximum absolute atomic E-state index is 12.2. The summed E-state index contributed by atoms with van der Waals surface area (Å²) in [5.74, 6) is 2.37. The second-order valence-corrected chi connectivity index (χ2v) is 6.67. The van der Waals surface area contributed by atoms with Gasteiger partial charge in [-0.05, 0) is 30.2 Å². The highest BCUT2D eigenvalue weighted by molar-refractivity contribution is 7.99. The number of thioether (sulfide) groups is 1. The fourth-order valence-corrected chi connectivity index (χ4v) is 3.12. The van der Waals surface area contributed by atoms with Gasteiger partial charge in [-0.3, -0.25) is 4.79 Å². The summed E-state index contributed by atoms with van der Waals surface area (Å²) in [4.78, 5) is 12.2. The Morgan fingerprint density at radius 2 is 1.91 bits per heavy atom. The van der Waals surface area contributed by atoms with E-state index in [0.29, 0.717) is 6.54 Å². The van der Waals surface area contributed by atoms with E-state index in [2.05, 4.69) is 17.4 Å². The van der Waals surface area contributed by atoms with Crippen LogP contribution in [0.1, 0.15) is 18.1 Å². The number of hydrogen-bond acceptors (Lipinski definition) is 4. The van der Waals surface area contributed by atoms with Crippen LogP contribution in [-0.4, -0.2) is 18.0 Å². The quantitative estimate of drug-likeness (QED) is 0.883. The van der Waals surface area contributed by atoms with Gasteiger partial charge in [0.1, 0.15) is 0 Å². The second-order valence-electron chi connectivity index (χ2n) is 5.34. The SMILES string of the molecule is CC(SCc1ccccc1)C(=O)NCc1ccc2c(c1)OCO2. The van der Waals surface area contributed by atoms with Crippen LogP contribution in [0.2, 0.25) is 0 Å². The molecule has 0 bridgehead atoms. The number of nitrogens with one attached hydrogen (secondary N) is 1. The van der Waals surface area contributed by atoms with Crippen LogP contribution in [0.5, 0.6) is 11.5 Å². The van der Waals surface area contributed by atoms with E-state index in [1.807, 2.05) is 43.3 Å². The van der Waals surface area contributed by atoms with E-state index in [9.17, 15) is 4.79 Å². The molecule has 1 N–H and O–H groups in total. The third-order valence-electron chi connectivity index (χ3n) is 3.62. The number of amides is 1. The lowest BCUT2D eigenvalue weighted by atomic mass is 10.2. The van der Waals surface area contributed by atoms with Gasteiger partial charge in [0.25, 0.3) is 0 Å². The molecule has 0 spiro atoms.